The summed E-state index contributed by atoms with van der Waals surface area (Å²) in [6.45, 7) is 5.85. The maximum atomic E-state index is 11.0. The van der Waals surface area contributed by atoms with E-state index in [9.17, 15) is 4.79 Å². The molecule has 98 valence electrons. The van der Waals surface area contributed by atoms with Gasteiger partial charge >= 0.3 is 5.97 Å². The molecule has 3 heteroatoms. The van der Waals surface area contributed by atoms with Crippen LogP contribution >= 0.6 is 0 Å². The molecule has 0 amide bonds. The highest BCUT2D eigenvalue weighted by Gasteiger charge is 2.17. The predicted octanol–water partition coefficient (Wildman–Crippen LogP) is 3.16. The fourth-order valence-electron chi connectivity index (χ4n) is 2.44. The molecule has 1 heterocycles. The number of carbonyl (C=O) groups excluding carboxylic acids is 1. The Morgan fingerprint density at radius 2 is 2.28 bits per heavy atom. The number of hydrogen-bond acceptors (Lipinski definition) is 3. The molecular weight excluding hydrogens is 226 g/mol. The summed E-state index contributed by atoms with van der Waals surface area (Å²) in [5.41, 5.74) is 2.61. The predicted molar refractivity (Wildman–Crippen MR) is 73.2 cm³/mol. The number of unbranched alkanes of at least 4 members (excludes halogenated alkanes) is 1. The summed E-state index contributed by atoms with van der Waals surface area (Å²) < 4.78 is 5.17. The van der Waals surface area contributed by atoms with Crippen molar-refractivity contribution in [2.75, 3.05) is 18.0 Å². The zero-order valence-electron chi connectivity index (χ0n) is 11.2. The SMILES string of the molecule is CCCCN1CCCc2ccc(OC(C)=O)cc21. The van der Waals surface area contributed by atoms with Gasteiger partial charge in [-0.25, -0.2) is 0 Å². The van der Waals surface area contributed by atoms with E-state index in [1.54, 1.807) is 0 Å². The maximum Gasteiger partial charge on any atom is 0.308 e. The van der Waals surface area contributed by atoms with E-state index in [0.29, 0.717) is 5.75 Å². The van der Waals surface area contributed by atoms with Gasteiger partial charge < -0.3 is 9.64 Å². The van der Waals surface area contributed by atoms with E-state index in [1.165, 1.54) is 37.4 Å². The summed E-state index contributed by atoms with van der Waals surface area (Å²) in [5, 5.41) is 0. The molecule has 1 aromatic rings. The minimum Gasteiger partial charge on any atom is -0.427 e. The molecule has 0 aromatic heterocycles. The molecule has 0 unspecified atom stereocenters. The third-order valence-electron chi connectivity index (χ3n) is 3.31. The van der Waals surface area contributed by atoms with E-state index >= 15 is 0 Å². The molecular formula is C15H21NO2. The van der Waals surface area contributed by atoms with Crippen LogP contribution in [-0.4, -0.2) is 19.1 Å². The molecule has 2 rings (SSSR count). The molecule has 0 N–H and O–H groups in total. The lowest BCUT2D eigenvalue weighted by molar-refractivity contribution is -0.131. The van der Waals surface area contributed by atoms with Gasteiger partial charge in [-0.05, 0) is 30.9 Å². The Morgan fingerprint density at radius 1 is 1.44 bits per heavy atom. The topological polar surface area (TPSA) is 29.5 Å². The third kappa shape index (κ3) is 3.03. The molecule has 1 aliphatic heterocycles. The number of rotatable bonds is 4. The Hall–Kier alpha value is -1.51. The molecule has 0 radical (unpaired) electrons. The Bertz CT molecular complexity index is 429. The van der Waals surface area contributed by atoms with E-state index in [1.807, 2.05) is 12.1 Å². The normalized spacial score (nSPS) is 14.2. The van der Waals surface area contributed by atoms with Crippen LogP contribution in [-0.2, 0) is 11.2 Å². The van der Waals surface area contributed by atoms with Crippen molar-refractivity contribution in [3.05, 3.63) is 23.8 Å². The first-order valence-electron chi connectivity index (χ1n) is 6.77. The van der Waals surface area contributed by atoms with Gasteiger partial charge in [0.25, 0.3) is 0 Å². The summed E-state index contributed by atoms with van der Waals surface area (Å²) in [7, 11) is 0. The lowest BCUT2D eigenvalue weighted by Gasteiger charge is -2.31. The van der Waals surface area contributed by atoms with Gasteiger partial charge in [-0.2, -0.15) is 0 Å². The number of ether oxygens (including phenoxy) is 1. The summed E-state index contributed by atoms with van der Waals surface area (Å²) in [6.07, 6.45) is 4.74. The second-order valence-electron chi connectivity index (χ2n) is 4.83. The van der Waals surface area contributed by atoms with Crippen molar-refractivity contribution in [2.24, 2.45) is 0 Å². The molecule has 1 aliphatic rings. The van der Waals surface area contributed by atoms with Crippen LogP contribution in [0.1, 0.15) is 38.7 Å². The Labute approximate surface area is 109 Å². The van der Waals surface area contributed by atoms with Crippen LogP contribution in [0, 0.1) is 0 Å². The minimum atomic E-state index is -0.258. The highest BCUT2D eigenvalue weighted by Crippen LogP contribution is 2.31. The van der Waals surface area contributed by atoms with Crippen molar-refractivity contribution in [3.63, 3.8) is 0 Å². The van der Waals surface area contributed by atoms with Gasteiger partial charge in [0.2, 0.25) is 0 Å². The monoisotopic (exact) mass is 247 g/mol. The Balaban J connectivity index is 2.20. The number of aryl methyl sites for hydroxylation is 1. The molecule has 18 heavy (non-hydrogen) atoms. The summed E-state index contributed by atoms with van der Waals surface area (Å²) in [6, 6.07) is 5.99. The Morgan fingerprint density at radius 3 is 3.00 bits per heavy atom. The molecule has 0 fully saturated rings. The first-order valence-corrected chi connectivity index (χ1v) is 6.77. The molecule has 0 spiro atoms. The van der Waals surface area contributed by atoms with Crippen molar-refractivity contribution >= 4 is 11.7 Å². The van der Waals surface area contributed by atoms with E-state index < -0.39 is 0 Å². The molecule has 0 atom stereocenters. The van der Waals surface area contributed by atoms with Crippen molar-refractivity contribution < 1.29 is 9.53 Å². The lowest BCUT2D eigenvalue weighted by atomic mass is 10.0. The number of carbonyl (C=O) groups is 1. The number of fused-ring (bicyclic) bond motifs is 1. The van der Waals surface area contributed by atoms with Crippen molar-refractivity contribution in [1.82, 2.24) is 0 Å². The fourth-order valence-corrected chi connectivity index (χ4v) is 2.44. The lowest BCUT2D eigenvalue weighted by Crippen LogP contribution is -2.30. The van der Waals surface area contributed by atoms with Crippen molar-refractivity contribution in [1.29, 1.82) is 0 Å². The zero-order valence-corrected chi connectivity index (χ0v) is 11.2. The van der Waals surface area contributed by atoms with Crippen LogP contribution in [0.5, 0.6) is 5.75 Å². The summed E-state index contributed by atoms with van der Waals surface area (Å²) in [4.78, 5) is 13.4. The number of hydrogen-bond donors (Lipinski definition) is 0. The highest BCUT2D eigenvalue weighted by atomic mass is 16.5. The smallest absolute Gasteiger partial charge is 0.308 e. The van der Waals surface area contributed by atoms with Crippen LogP contribution in [0.15, 0.2) is 18.2 Å². The van der Waals surface area contributed by atoms with Gasteiger partial charge in [-0.1, -0.05) is 19.4 Å². The standard InChI is InChI=1S/C15H21NO2/c1-3-4-9-16-10-5-6-13-7-8-14(11-15(13)16)18-12(2)17/h7-8,11H,3-6,9-10H2,1-2H3. The van der Waals surface area contributed by atoms with Gasteiger partial charge in [-0.3, -0.25) is 4.79 Å². The van der Waals surface area contributed by atoms with E-state index in [4.69, 9.17) is 4.74 Å². The quantitative estimate of drug-likeness (QED) is 0.604. The highest BCUT2D eigenvalue weighted by molar-refractivity contribution is 5.70. The second-order valence-corrected chi connectivity index (χ2v) is 4.83. The molecule has 0 saturated heterocycles. The first-order chi connectivity index (χ1) is 8.70. The zero-order chi connectivity index (χ0) is 13.0. The number of esters is 1. The average molecular weight is 247 g/mol. The van der Waals surface area contributed by atoms with Gasteiger partial charge in [0.15, 0.2) is 0 Å². The van der Waals surface area contributed by atoms with Crippen molar-refractivity contribution in [3.8, 4) is 5.75 Å². The van der Waals surface area contributed by atoms with Crippen LogP contribution in [0.4, 0.5) is 5.69 Å². The Kier molecular flexibility index (Phi) is 4.24. The number of anilines is 1. The number of benzene rings is 1. The molecule has 0 saturated carbocycles. The molecule has 0 bridgehead atoms. The van der Waals surface area contributed by atoms with Crippen LogP contribution < -0.4 is 9.64 Å². The number of nitrogens with zero attached hydrogens (tertiary/aromatic N) is 1. The van der Waals surface area contributed by atoms with Crippen LogP contribution in [0.3, 0.4) is 0 Å². The largest absolute Gasteiger partial charge is 0.427 e. The van der Waals surface area contributed by atoms with Crippen molar-refractivity contribution in [2.45, 2.75) is 39.5 Å². The van der Waals surface area contributed by atoms with Crippen LogP contribution in [0.25, 0.3) is 0 Å². The first kappa shape index (κ1) is 12.9. The molecule has 0 aliphatic carbocycles. The summed E-state index contributed by atoms with van der Waals surface area (Å²) >= 11 is 0. The summed E-state index contributed by atoms with van der Waals surface area (Å²) in [5.74, 6) is 0.399. The van der Waals surface area contributed by atoms with E-state index in [-0.39, 0.29) is 5.97 Å². The molecule has 3 nitrogen and oxygen atoms in total. The second kappa shape index (κ2) is 5.89. The van der Waals surface area contributed by atoms with Crippen LogP contribution in [0.2, 0.25) is 0 Å². The maximum absolute atomic E-state index is 11.0. The minimum absolute atomic E-state index is 0.258. The fraction of sp³-hybridized carbons (Fsp3) is 0.533. The molecule has 1 aromatic carbocycles. The van der Waals surface area contributed by atoms with E-state index in [2.05, 4.69) is 17.9 Å². The van der Waals surface area contributed by atoms with Gasteiger partial charge in [0.05, 0.1) is 0 Å². The van der Waals surface area contributed by atoms with Gasteiger partial charge in [-0.15, -0.1) is 0 Å². The third-order valence-corrected chi connectivity index (χ3v) is 3.31. The average Bonchev–Trinajstić information content (AvgIpc) is 2.35. The van der Waals surface area contributed by atoms with Gasteiger partial charge in [0.1, 0.15) is 5.75 Å². The van der Waals surface area contributed by atoms with Gasteiger partial charge in [0, 0.05) is 31.8 Å². The van der Waals surface area contributed by atoms with E-state index in [0.717, 1.165) is 19.5 Å².